The lowest BCUT2D eigenvalue weighted by molar-refractivity contribution is -0.118. The molecule has 0 unspecified atom stereocenters. The molecule has 33 heavy (non-hydrogen) atoms. The highest BCUT2D eigenvalue weighted by molar-refractivity contribution is 7.99. The molecule has 4 aromatic rings. The molecule has 0 radical (unpaired) electrons. The number of amides is 1. The quantitative estimate of drug-likeness (QED) is 0.238. The molecule has 4 rings (SSSR count). The first-order chi connectivity index (χ1) is 16.2. The second-order valence-electron chi connectivity index (χ2n) is 7.10. The van der Waals surface area contributed by atoms with Crippen molar-refractivity contribution in [1.82, 2.24) is 20.2 Å². The summed E-state index contributed by atoms with van der Waals surface area (Å²) >= 11 is 1.31. The number of rotatable bonds is 8. The number of hydrazone groups is 1. The molecule has 0 aliphatic carbocycles. The van der Waals surface area contributed by atoms with Crippen LogP contribution in [0.2, 0.25) is 0 Å². The standard InChI is InChI=1S/C25H23N5O2S/c1-18(20-12-9-15-22(16-20)32-2)26-27-23(31)17-33-25-29-28-24(19-10-5-3-6-11-19)30(25)21-13-7-4-8-14-21/h3-16H,17H2,1-2H3,(H,27,31)/b26-18+. The summed E-state index contributed by atoms with van der Waals surface area (Å²) in [6, 6.07) is 27.2. The molecule has 1 N–H and O–H groups in total. The lowest BCUT2D eigenvalue weighted by Crippen LogP contribution is -2.21. The van der Waals surface area contributed by atoms with E-state index in [-0.39, 0.29) is 11.7 Å². The highest BCUT2D eigenvalue weighted by Crippen LogP contribution is 2.27. The van der Waals surface area contributed by atoms with E-state index in [1.54, 1.807) is 7.11 Å². The van der Waals surface area contributed by atoms with Crippen LogP contribution in [-0.4, -0.2) is 39.2 Å². The summed E-state index contributed by atoms with van der Waals surface area (Å²) in [6.07, 6.45) is 0. The topological polar surface area (TPSA) is 81.4 Å². The Morgan fingerprint density at radius 3 is 2.45 bits per heavy atom. The summed E-state index contributed by atoms with van der Waals surface area (Å²) in [5.41, 5.74) is 6.05. The van der Waals surface area contributed by atoms with Gasteiger partial charge in [0.2, 0.25) is 0 Å². The fourth-order valence-electron chi connectivity index (χ4n) is 3.17. The van der Waals surface area contributed by atoms with Gasteiger partial charge in [0.15, 0.2) is 11.0 Å². The van der Waals surface area contributed by atoms with Gasteiger partial charge >= 0.3 is 0 Å². The van der Waals surface area contributed by atoms with Crippen molar-refractivity contribution in [2.75, 3.05) is 12.9 Å². The van der Waals surface area contributed by atoms with Gasteiger partial charge in [0.05, 0.1) is 18.6 Å². The number of nitrogens with zero attached hydrogens (tertiary/aromatic N) is 4. The lowest BCUT2D eigenvalue weighted by Gasteiger charge is -2.10. The maximum absolute atomic E-state index is 12.5. The smallest absolute Gasteiger partial charge is 0.250 e. The van der Waals surface area contributed by atoms with E-state index in [2.05, 4.69) is 20.7 Å². The molecule has 1 aromatic heterocycles. The molecule has 0 spiro atoms. The van der Waals surface area contributed by atoms with Gasteiger partial charge in [-0.15, -0.1) is 10.2 Å². The Morgan fingerprint density at radius 2 is 1.73 bits per heavy atom. The number of hydrogen-bond acceptors (Lipinski definition) is 6. The van der Waals surface area contributed by atoms with Crippen molar-refractivity contribution in [2.45, 2.75) is 12.1 Å². The second kappa shape index (κ2) is 10.6. The minimum absolute atomic E-state index is 0.147. The van der Waals surface area contributed by atoms with Crippen LogP contribution >= 0.6 is 11.8 Å². The van der Waals surface area contributed by atoms with Crippen molar-refractivity contribution in [3.05, 3.63) is 90.5 Å². The number of carbonyl (C=O) groups excluding carboxylic acids is 1. The average Bonchev–Trinajstić information content (AvgIpc) is 3.31. The summed E-state index contributed by atoms with van der Waals surface area (Å²) in [6.45, 7) is 1.83. The maximum atomic E-state index is 12.5. The fraction of sp³-hybridized carbons (Fsp3) is 0.120. The number of hydrogen-bond donors (Lipinski definition) is 1. The Labute approximate surface area is 196 Å². The normalized spacial score (nSPS) is 11.3. The van der Waals surface area contributed by atoms with Crippen molar-refractivity contribution in [3.63, 3.8) is 0 Å². The molecule has 3 aromatic carbocycles. The number of nitrogens with one attached hydrogen (secondary N) is 1. The van der Waals surface area contributed by atoms with E-state index in [0.29, 0.717) is 10.9 Å². The van der Waals surface area contributed by atoms with Crippen LogP contribution in [0.4, 0.5) is 0 Å². The number of aromatic nitrogens is 3. The number of methoxy groups -OCH3 is 1. The molecule has 1 heterocycles. The van der Waals surface area contributed by atoms with Crippen molar-refractivity contribution in [2.24, 2.45) is 5.10 Å². The summed E-state index contributed by atoms with van der Waals surface area (Å²) in [5.74, 6) is 1.37. The molecule has 0 aliphatic heterocycles. The largest absolute Gasteiger partial charge is 0.497 e. The zero-order valence-corrected chi connectivity index (χ0v) is 19.1. The predicted octanol–water partition coefficient (Wildman–Crippen LogP) is 4.58. The Balaban J connectivity index is 1.49. The number of thioether (sulfide) groups is 1. The van der Waals surface area contributed by atoms with Gasteiger partial charge in [-0.3, -0.25) is 9.36 Å². The lowest BCUT2D eigenvalue weighted by atomic mass is 10.1. The molecule has 0 fully saturated rings. The van der Waals surface area contributed by atoms with Crippen LogP contribution in [0.5, 0.6) is 5.75 Å². The first-order valence-electron chi connectivity index (χ1n) is 10.3. The third-order valence-corrected chi connectivity index (χ3v) is 5.78. The van der Waals surface area contributed by atoms with Crippen molar-refractivity contribution >= 4 is 23.4 Å². The van der Waals surface area contributed by atoms with E-state index in [1.165, 1.54) is 11.8 Å². The van der Waals surface area contributed by atoms with Crippen LogP contribution in [0.25, 0.3) is 17.1 Å². The fourth-order valence-corrected chi connectivity index (χ4v) is 3.91. The first kappa shape index (κ1) is 22.3. The molecule has 166 valence electrons. The van der Waals surface area contributed by atoms with Gasteiger partial charge in [-0.05, 0) is 31.2 Å². The second-order valence-corrected chi connectivity index (χ2v) is 8.04. The summed E-state index contributed by atoms with van der Waals surface area (Å²) < 4.78 is 7.20. The highest BCUT2D eigenvalue weighted by Gasteiger charge is 2.17. The minimum atomic E-state index is -0.230. The molecule has 0 saturated carbocycles. The van der Waals surface area contributed by atoms with E-state index in [4.69, 9.17) is 4.74 Å². The Bertz CT molecular complexity index is 1260. The summed E-state index contributed by atoms with van der Waals surface area (Å²) in [4.78, 5) is 12.5. The summed E-state index contributed by atoms with van der Waals surface area (Å²) in [7, 11) is 1.61. The molecular formula is C25H23N5O2S. The van der Waals surface area contributed by atoms with Crippen LogP contribution in [0.1, 0.15) is 12.5 Å². The van der Waals surface area contributed by atoms with E-state index < -0.39 is 0 Å². The van der Waals surface area contributed by atoms with E-state index in [0.717, 1.165) is 28.4 Å². The van der Waals surface area contributed by atoms with Crippen LogP contribution in [0.15, 0.2) is 95.2 Å². The molecule has 1 amide bonds. The maximum Gasteiger partial charge on any atom is 0.250 e. The number of benzene rings is 3. The average molecular weight is 458 g/mol. The van der Waals surface area contributed by atoms with E-state index in [1.807, 2.05) is 96.4 Å². The zero-order chi connectivity index (χ0) is 23.0. The van der Waals surface area contributed by atoms with Gasteiger partial charge in [0.1, 0.15) is 5.75 Å². The van der Waals surface area contributed by atoms with Crippen molar-refractivity contribution < 1.29 is 9.53 Å². The van der Waals surface area contributed by atoms with Crippen LogP contribution in [0.3, 0.4) is 0 Å². The number of ether oxygens (including phenoxy) is 1. The predicted molar refractivity (Wildman–Crippen MR) is 131 cm³/mol. The van der Waals surface area contributed by atoms with E-state index in [9.17, 15) is 4.79 Å². The molecular weight excluding hydrogens is 434 g/mol. The highest BCUT2D eigenvalue weighted by atomic mass is 32.2. The van der Waals surface area contributed by atoms with Gasteiger partial charge in [-0.25, -0.2) is 5.43 Å². The van der Waals surface area contributed by atoms with Gasteiger partial charge in [-0.2, -0.15) is 5.10 Å². The third-order valence-electron chi connectivity index (χ3n) is 4.85. The van der Waals surface area contributed by atoms with Crippen LogP contribution in [-0.2, 0) is 4.79 Å². The molecule has 0 bridgehead atoms. The van der Waals surface area contributed by atoms with E-state index >= 15 is 0 Å². The minimum Gasteiger partial charge on any atom is -0.497 e. The molecule has 7 nitrogen and oxygen atoms in total. The molecule has 0 saturated heterocycles. The molecule has 8 heteroatoms. The van der Waals surface area contributed by atoms with Gasteiger partial charge < -0.3 is 4.74 Å². The summed E-state index contributed by atoms with van der Waals surface area (Å²) in [5, 5.41) is 13.6. The van der Waals surface area contributed by atoms with Gasteiger partial charge in [-0.1, -0.05) is 72.4 Å². The van der Waals surface area contributed by atoms with Crippen LogP contribution in [0, 0.1) is 0 Å². The van der Waals surface area contributed by atoms with Gasteiger partial charge in [0, 0.05) is 16.8 Å². The number of para-hydroxylation sites is 1. The number of carbonyl (C=O) groups is 1. The van der Waals surface area contributed by atoms with Crippen molar-refractivity contribution in [1.29, 1.82) is 0 Å². The van der Waals surface area contributed by atoms with Crippen LogP contribution < -0.4 is 10.2 Å². The Hall–Kier alpha value is -3.91. The molecule has 0 aliphatic rings. The van der Waals surface area contributed by atoms with Crippen molar-refractivity contribution in [3.8, 4) is 22.8 Å². The Kier molecular flexibility index (Phi) is 7.16. The Morgan fingerprint density at radius 1 is 1.00 bits per heavy atom. The SMILES string of the molecule is COc1cccc(/C(C)=N/NC(=O)CSc2nnc(-c3ccccc3)n2-c2ccccc2)c1. The molecule has 0 atom stereocenters. The first-order valence-corrected chi connectivity index (χ1v) is 11.3. The van der Waals surface area contributed by atoms with Gasteiger partial charge in [0.25, 0.3) is 5.91 Å². The monoisotopic (exact) mass is 457 g/mol. The third kappa shape index (κ3) is 5.48. The zero-order valence-electron chi connectivity index (χ0n) is 18.3.